The van der Waals surface area contributed by atoms with Crippen LogP contribution in [0, 0.1) is 28.9 Å². The summed E-state index contributed by atoms with van der Waals surface area (Å²) in [7, 11) is -4.36. The molecule has 1 unspecified atom stereocenters. The average molecular weight is 876 g/mol. The molecular formula is C46H40F3N7O6S. The molecule has 10 rings (SSSR count). The Hall–Kier alpha value is -6.35. The molecule has 0 bridgehead atoms. The monoisotopic (exact) mass is 875 g/mol. The molecule has 2 aromatic heterocycles. The number of benzene rings is 3. The van der Waals surface area contributed by atoms with E-state index in [0.29, 0.717) is 48.1 Å². The highest BCUT2D eigenvalue weighted by Gasteiger charge is 2.51. The van der Waals surface area contributed by atoms with Crippen LogP contribution in [0.4, 0.5) is 24.5 Å². The molecule has 1 aliphatic carbocycles. The van der Waals surface area contributed by atoms with Crippen LogP contribution in [-0.2, 0) is 26.3 Å². The number of aromatic amines is 1. The summed E-state index contributed by atoms with van der Waals surface area (Å²) < 4.78 is 72.9. The third kappa shape index (κ3) is 7.45. The number of Topliss-reactive ketones (excluding diaryl/α,β-unsaturated/α-hetero) is 2. The van der Waals surface area contributed by atoms with Gasteiger partial charge in [0.2, 0.25) is 5.78 Å². The van der Waals surface area contributed by atoms with Crippen LogP contribution < -0.4 is 9.62 Å². The first-order valence-electron chi connectivity index (χ1n) is 20.7. The number of ketones is 3. The second-order valence-corrected chi connectivity index (χ2v) is 18.8. The quantitative estimate of drug-likeness (QED) is 0.115. The molecule has 6 heterocycles. The number of aromatic nitrogens is 2. The zero-order valence-corrected chi connectivity index (χ0v) is 34.6. The van der Waals surface area contributed by atoms with Crippen molar-refractivity contribution in [2.75, 3.05) is 55.4 Å². The molecule has 4 fully saturated rings. The van der Waals surface area contributed by atoms with Crippen LogP contribution in [0.3, 0.4) is 0 Å². The first-order valence-corrected chi connectivity index (χ1v) is 22.1. The topological polar surface area (TPSA) is 156 Å². The standard InChI is InChI=1S/C46H40F3N7O6S/c47-31-13-15-55(22-31)63(61,62)52-38-11-10-37(48)41(42(38)49)43(59)36-20-51-44-35(36)17-29(19-50-44)28-4-6-32(7-5-28)54-25-46(26-54)23-53(24-46)14-1-2-27-3-9-34-30(16-27)21-56(45(34)60)39-12-8-33(57)18-40(39)58/h3-7,9-11,16-17,19-20,31,39,52H,8,12-15,18,21-26H2,(H,50,51)/t31-,39?/m1/s1. The van der Waals surface area contributed by atoms with Crippen LogP contribution in [-0.4, -0.2) is 114 Å². The number of H-pyrrole nitrogens is 1. The number of fused-ring (bicyclic) bond motifs is 2. The highest BCUT2D eigenvalue weighted by atomic mass is 32.2. The van der Waals surface area contributed by atoms with Gasteiger partial charge in [0.1, 0.15) is 23.4 Å². The van der Waals surface area contributed by atoms with Crippen LogP contribution >= 0.6 is 0 Å². The molecule has 1 amide bonds. The summed E-state index contributed by atoms with van der Waals surface area (Å²) in [4.78, 5) is 64.4. The van der Waals surface area contributed by atoms with Crippen molar-refractivity contribution in [2.24, 2.45) is 5.41 Å². The highest BCUT2D eigenvalue weighted by molar-refractivity contribution is 7.90. The Bertz CT molecular complexity index is 2930. The summed E-state index contributed by atoms with van der Waals surface area (Å²) in [5, 5.41) is 0.325. The van der Waals surface area contributed by atoms with Crippen molar-refractivity contribution in [1.82, 2.24) is 24.1 Å². The lowest BCUT2D eigenvalue weighted by atomic mass is 9.72. The van der Waals surface area contributed by atoms with E-state index < -0.39 is 51.1 Å². The molecule has 13 nitrogen and oxygen atoms in total. The van der Waals surface area contributed by atoms with Crippen LogP contribution in [0.25, 0.3) is 22.2 Å². The molecule has 63 heavy (non-hydrogen) atoms. The maximum Gasteiger partial charge on any atom is 0.301 e. The van der Waals surface area contributed by atoms with Gasteiger partial charge in [-0.2, -0.15) is 12.7 Å². The van der Waals surface area contributed by atoms with Crippen molar-refractivity contribution in [3.63, 3.8) is 0 Å². The van der Waals surface area contributed by atoms with Crippen LogP contribution in [0.2, 0.25) is 0 Å². The minimum absolute atomic E-state index is 0.000985. The molecule has 17 heteroatoms. The van der Waals surface area contributed by atoms with E-state index in [1.807, 2.05) is 41.1 Å². The number of amides is 1. The largest absolute Gasteiger partial charge is 0.370 e. The Morgan fingerprint density at radius 2 is 1.76 bits per heavy atom. The zero-order chi connectivity index (χ0) is 43.8. The van der Waals surface area contributed by atoms with E-state index in [-0.39, 0.29) is 54.4 Å². The van der Waals surface area contributed by atoms with E-state index in [1.54, 1.807) is 23.2 Å². The van der Waals surface area contributed by atoms with Gasteiger partial charge >= 0.3 is 10.2 Å². The smallest absolute Gasteiger partial charge is 0.301 e. The molecule has 1 spiro atoms. The Balaban J connectivity index is 0.748. The zero-order valence-electron chi connectivity index (χ0n) is 33.8. The van der Waals surface area contributed by atoms with Gasteiger partial charge in [0.15, 0.2) is 11.6 Å². The molecule has 5 aliphatic rings. The lowest BCUT2D eigenvalue weighted by Crippen LogP contribution is -2.72. The molecule has 2 atom stereocenters. The van der Waals surface area contributed by atoms with E-state index in [0.717, 1.165) is 65.0 Å². The van der Waals surface area contributed by atoms with Gasteiger partial charge in [-0.25, -0.2) is 18.2 Å². The fourth-order valence-electron chi connectivity index (χ4n) is 9.57. The fraction of sp³-hybridized carbons (Fsp3) is 0.326. The van der Waals surface area contributed by atoms with Crippen LogP contribution in [0.1, 0.15) is 63.1 Å². The van der Waals surface area contributed by atoms with Gasteiger partial charge in [0.05, 0.1) is 30.3 Å². The lowest BCUT2D eigenvalue weighted by molar-refractivity contribution is -0.133. The fourth-order valence-corrected chi connectivity index (χ4v) is 10.8. The molecule has 1 saturated carbocycles. The molecule has 0 radical (unpaired) electrons. The number of hydrogen-bond acceptors (Lipinski definition) is 9. The number of hydrogen-bond donors (Lipinski definition) is 2. The molecule has 3 aromatic carbocycles. The van der Waals surface area contributed by atoms with Crippen LogP contribution in [0.5, 0.6) is 0 Å². The number of rotatable bonds is 9. The Labute approximate surface area is 360 Å². The molecule has 5 aromatic rings. The van der Waals surface area contributed by atoms with Crippen molar-refractivity contribution >= 4 is 55.9 Å². The predicted molar refractivity (Wildman–Crippen MR) is 227 cm³/mol. The number of carbonyl (C=O) groups excluding carboxylic acids is 4. The summed E-state index contributed by atoms with van der Waals surface area (Å²) in [5.41, 5.74) is 3.67. The Kier molecular flexibility index (Phi) is 10.00. The summed E-state index contributed by atoms with van der Waals surface area (Å²) in [5.74, 6) is 2.51. The van der Waals surface area contributed by atoms with E-state index in [1.165, 1.54) is 6.20 Å². The number of carbonyl (C=O) groups is 4. The molecule has 322 valence electrons. The summed E-state index contributed by atoms with van der Waals surface area (Å²) in [6, 6.07) is 16.3. The normalized spacial score (nSPS) is 21.0. The van der Waals surface area contributed by atoms with Gasteiger partial charge < -0.3 is 14.8 Å². The number of halogens is 3. The van der Waals surface area contributed by atoms with Crippen molar-refractivity contribution in [3.05, 3.63) is 113 Å². The summed E-state index contributed by atoms with van der Waals surface area (Å²) >= 11 is 0. The third-order valence-electron chi connectivity index (χ3n) is 12.8. The van der Waals surface area contributed by atoms with Crippen LogP contribution in [0.15, 0.2) is 73.1 Å². The lowest BCUT2D eigenvalue weighted by Gasteiger charge is -2.60. The van der Waals surface area contributed by atoms with Gasteiger partial charge in [-0.05, 0) is 72.5 Å². The average Bonchev–Trinajstić information content (AvgIpc) is 3.96. The molecular weight excluding hydrogens is 836 g/mol. The number of anilines is 2. The van der Waals surface area contributed by atoms with E-state index in [4.69, 9.17) is 0 Å². The number of pyridine rings is 1. The molecule has 2 N–H and O–H groups in total. The predicted octanol–water partition coefficient (Wildman–Crippen LogP) is 5.26. The maximum absolute atomic E-state index is 15.7. The van der Waals surface area contributed by atoms with Crippen molar-refractivity contribution in [2.45, 2.75) is 44.4 Å². The second kappa shape index (κ2) is 15.5. The minimum atomic E-state index is -4.36. The number of alkyl halides is 1. The van der Waals surface area contributed by atoms with Gasteiger partial charge in [-0.1, -0.05) is 24.0 Å². The maximum atomic E-state index is 15.7. The number of nitrogens with zero attached hydrogens (tertiary/aromatic N) is 5. The van der Waals surface area contributed by atoms with E-state index in [9.17, 15) is 32.0 Å². The first kappa shape index (κ1) is 40.7. The third-order valence-corrected chi connectivity index (χ3v) is 14.3. The molecule has 3 saturated heterocycles. The van der Waals surface area contributed by atoms with E-state index >= 15 is 8.78 Å². The highest BCUT2D eigenvalue weighted by Crippen LogP contribution is 2.42. The van der Waals surface area contributed by atoms with Gasteiger partial charge in [-0.15, -0.1) is 0 Å². The Morgan fingerprint density at radius 1 is 0.968 bits per heavy atom. The SMILES string of the molecule is O=C1CCC(N2Cc3cc(C#CCN4CC5(C4)CN(c4ccc(-c6cnc7[nH]cc(C(=O)c8c(F)ccc(NS(=O)(=O)N9CC[C@@H](F)C9)c8F)c7c6)cc4)C5)ccc3C2=O)C(=O)C1. The number of nitrogens with one attached hydrogen (secondary N) is 2. The van der Waals surface area contributed by atoms with Crippen molar-refractivity contribution < 1.29 is 40.8 Å². The minimum Gasteiger partial charge on any atom is -0.370 e. The molecule has 4 aliphatic heterocycles. The van der Waals surface area contributed by atoms with Gasteiger partial charge in [-0.3, -0.25) is 28.8 Å². The van der Waals surface area contributed by atoms with Crippen molar-refractivity contribution in [3.8, 4) is 23.0 Å². The summed E-state index contributed by atoms with van der Waals surface area (Å²) in [6.45, 7) is 4.14. The number of likely N-dealkylation sites (tertiary alicyclic amines) is 1. The van der Waals surface area contributed by atoms with Gasteiger partial charge in [0.25, 0.3) is 5.91 Å². The van der Waals surface area contributed by atoms with Gasteiger partial charge in [0, 0.05) is 103 Å². The van der Waals surface area contributed by atoms with E-state index in [2.05, 4.69) is 31.6 Å². The first-order chi connectivity index (χ1) is 30.2. The second-order valence-electron chi connectivity index (χ2n) is 17.2. The Morgan fingerprint density at radius 3 is 2.51 bits per heavy atom. The van der Waals surface area contributed by atoms with Crippen molar-refractivity contribution in [1.29, 1.82) is 0 Å². The summed E-state index contributed by atoms with van der Waals surface area (Å²) in [6.07, 6.45) is 2.18.